The molecule has 0 aliphatic carbocycles. The summed E-state index contributed by atoms with van der Waals surface area (Å²) in [5.41, 5.74) is 2.39. The molecule has 0 aliphatic heterocycles. The van der Waals surface area contributed by atoms with Crippen molar-refractivity contribution in [2.24, 2.45) is 4.99 Å². The number of rotatable bonds is 10. The molecule has 7 nitrogen and oxygen atoms in total. The van der Waals surface area contributed by atoms with Gasteiger partial charge in [0.2, 0.25) is 0 Å². The fraction of sp³-hybridized carbons (Fsp3) is 0.304. The van der Waals surface area contributed by atoms with Crippen molar-refractivity contribution in [1.29, 1.82) is 0 Å². The molecule has 0 saturated carbocycles. The number of nitrogens with one attached hydrogen (secondary N) is 2. The van der Waals surface area contributed by atoms with Gasteiger partial charge in [-0.3, -0.25) is 0 Å². The smallest absolute Gasteiger partial charge is 0.191 e. The van der Waals surface area contributed by atoms with Crippen LogP contribution < -0.4 is 20.1 Å². The molecule has 0 fully saturated rings. The summed E-state index contributed by atoms with van der Waals surface area (Å²) < 4.78 is 13.0. The molecule has 0 unspecified atom stereocenters. The number of methoxy groups -OCH3 is 1. The summed E-state index contributed by atoms with van der Waals surface area (Å²) in [6.07, 6.45) is 5.58. The molecule has 0 spiro atoms. The molecule has 0 saturated heterocycles. The average molecular weight is 408 g/mol. The number of ether oxygens (including phenoxy) is 2. The lowest BCUT2D eigenvalue weighted by atomic mass is 10.1. The largest absolute Gasteiger partial charge is 0.497 e. The first-order valence-corrected chi connectivity index (χ1v) is 10.1. The van der Waals surface area contributed by atoms with Gasteiger partial charge in [0, 0.05) is 25.5 Å². The third-order valence-electron chi connectivity index (χ3n) is 4.40. The Morgan fingerprint density at radius 3 is 2.60 bits per heavy atom. The summed E-state index contributed by atoms with van der Waals surface area (Å²) in [5, 5.41) is 6.58. The maximum Gasteiger partial charge on any atom is 0.191 e. The number of benzene rings is 2. The van der Waals surface area contributed by atoms with Crippen molar-refractivity contribution in [2.45, 2.75) is 20.0 Å². The molecule has 1 heterocycles. The Morgan fingerprint density at radius 2 is 1.87 bits per heavy atom. The molecular formula is C23H29N5O2. The van der Waals surface area contributed by atoms with Crippen LogP contribution in [0.15, 0.2) is 72.2 Å². The Bertz CT molecular complexity index is 908. The minimum Gasteiger partial charge on any atom is -0.497 e. The van der Waals surface area contributed by atoms with E-state index in [0.29, 0.717) is 19.7 Å². The highest BCUT2D eigenvalue weighted by atomic mass is 16.5. The molecule has 158 valence electrons. The maximum absolute atomic E-state index is 5.75. The molecule has 2 N–H and O–H groups in total. The monoisotopic (exact) mass is 407 g/mol. The molecular weight excluding hydrogens is 378 g/mol. The third-order valence-corrected chi connectivity index (χ3v) is 4.40. The minimum absolute atomic E-state index is 0.539. The van der Waals surface area contributed by atoms with Gasteiger partial charge in [0.15, 0.2) is 5.96 Å². The normalized spacial score (nSPS) is 11.2. The second-order valence-electron chi connectivity index (χ2n) is 6.70. The Morgan fingerprint density at radius 1 is 1.07 bits per heavy atom. The zero-order valence-electron chi connectivity index (χ0n) is 17.5. The molecule has 0 radical (unpaired) electrons. The van der Waals surface area contributed by atoms with Gasteiger partial charge in [-0.05, 0) is 42.3 Å². The van der Waals surface area contributed by atoms with Crippen molar-refractivity contribution < 1.29 is 9.47 Å². The predicted octanol–water partition coefficient (Wildman–Crippen LogP) is 3.07. The van der Waals surface area contributed by atoms with Crippen LogP contribution in [0.25, 0.3) is 0 Å². The summed E-state index contributed by atoms with van der Waals surface area (Å²) in [6, 6.07) is 16.0. The van der Waals surface area contributed by atoms with Gasteiger partial charge in [-0.25, -0.2) is 9.98 Å². The summed E-state index contributed by atoms with van der Waals surface area (Å²) in [5.74, 6) is 2.40. The van der Waals surface area contributed by atoms with E-state index in [4.69, 9.17) is 14.5 Å². The molecule has 7 heteroatoms. The number of imidazole rings is 1. The molecule has 3 rings (SSSR count). The fourth-order valence-corrected chi connectivity index (χ4v) is 2.94. The molecule has 30 heavy (non-hydrogen) atoms. The highest BCUT2D eigenvalue weighted by molar-refractivity contribution is 5.79. The van der Waals surface area contributed by atoms with E-state index in [1.165, 1.54) is 11.1 Å². The second kappa shape index (κ2) is 11.5. The topological polar surface area (TPSA) is 72.7 Å². The molecule has 1 aromatic heterocycles. The first-order valence-electron chi connectivity index (χ1n) is 10.1. The van der Waals surface area contributed by atoms with Crippen molar-refractivity contribution >= 4 is 5.96 Å². The van der Waals surface area contributed by atoms with Crippen molar-refractivity contribution in [3.05, 3.63) is 78.4 Å². The molecule has 0 amide bonds. The lowest BCUT2D eigenvalue weighted by molar-refractivity contribution is 0.321. The van der Waals surface area contributed by atoms with E-state index >= 15 is 0 Å². The third kappa shape index (κ3) is 6.84. The van der Waals surface area contributed by atoms with Gasteiger partial charge in [0.25, 0.3) is 0 Å². The van der Waals surface area contributed by atoms with Crippen molar-refractivity contribution in [3.63, 3.8) is 0 Å². The van der Waals surface area contributed by atoms with E-state index in [0.717, 1.165) is 30.5 Å². The maximum atomic E-state index is 5.75. The van der Waals surface area contributed by atoms with Crippen LogP contribution in [0.3, 0.4) is 0 Å². The Labute approximate surface area is 177 Å². The highest BCUT2D eigenvalue weighted by Gasteiger charge is 2.01. The fourth-order valence-electron chi connectivity index (χ4n) is 2.94. The quantitative estimate of drug-likeness (QED) is 0.307. The number of aromatic nitrogens is 2. The average Bonchev–Trinajstić information content (AvgIpc) is 3.28. The van der Waals surface area contributed by atoms with Crippen LogP contribution in [-0.2, 0) is 13.1 Å². The van der Waals surface area contributed by atoms with Gasteiger partial charge in [0.05, 0.1) is 26.5 Å². The number of hydrogen-bond donors (Lipinski definition) is 2. The number of nitrogens with zero attached hydrogens (tertiary/aromatic N) is 3. The first-order chi connectivity index (χ1) is 14.8. The van der Waals surface area contributed by atoms with Crippen LogP contribution in [0.5, 0.6) is 11.5 Å². The SMILES string of the molecule is CCNC(=NCc1cccc(Cn2ccnc2)c1)NCCOc1ccc(OC)cc1. The van der Waals surface area contributed by atoms with E-state index < -0.39 is 0 Å². The summed E-state index contributed by atoms with van der Waals surface area (Å²) in [7, 11) is 1.65. The van der Waals surface area contributed by atoms with Gasteiger partial charge in [-0.2, -0.15) is 0 Å². The summed E-state index contributed by atoms with van der Waals surface area (Å²) in [4.78, 5) is 8.78. The second-order valence-corrected chi connectivity index (χ2v) is 6.70. The van der Waals surface area contributed by atoms with Crippen LogP contribution in [0.4, 0.5) is 0 Å². The van der Waals surface area contributed by atoms with Crippen LogP contribution in [0.2, 0.25) is 0 Å². The lowest BCUT2D eigenvalue weighted by Crippen LogP contribution is -2.39. The Kier molecular flexibility index (Phi) is 8.14. The zero-order valence-corrected chi connectivity index (χ0v) is 17.5. The van der Waals surface area contributed by atoms with Crippen molar-refractivity contribution in [3.8, 4) is 11.5 Å². The lowest BCUT2D eigenvalue weighted by Gasteiger charge is -2.12. The molecule has 0 atom stereocenters. The van der Waals surface area contributed by atoms with E-state index in [9.17, 15) is 0 Å². The standard InChI is InChI=1S/C23H29N5O2/c1-3-25-23(26-12-14-30-22-9-7-21(29-2)8-10-22)27-16-19-5-4-6-20(15-19)17-28-13-11-24-18-28/h4-11,13,15,18H,3,12,14,16-17H2,1-2H3,(H2,25,26,27). The Balaban J connectivity index is 1.48. The summed E-state index contributed by atoms with van der Waals surface area (Å²) >= 11 is 0. The van der Waals surface area contributed by atoms with Crippen molar-refractivity contribution in [1.82, 2.24) is 20.2 Å². The van der Waals surface area contributed by atoms with Crippen LogP contribution >= 0.6 is 0 Å². The molecule has 0 aliphatic rings. The number of guanidine groups is 1. The first kappa shape index (κ1) is 21.2. The molecule has 2 aromatic carbocycles. The minimum atomic E-state index is 0.539. The van der Waals surface area contributed by atoms with E-state index in [-0.39, 0.29) is 0 Å². The van der Waals surface area contributed by atoms with Gasteiger partial charge >= 0.3 is 0 Å². The van der Waals surface area contributed by atoms with Crippen LogP contribution in [0.1, 0.15) is 18.1 Å². The van der Waals surface area contributed by atoms with E-state index in [1.54, 1.807) is 13.3 Å². The molecule has 3 aromatic rings. The van der Waals surface area contributed by atoms with Crippen molar-refractivity contribution in [2.75, 3.05) is 26.8 Å². The van der Waals surface area contributed by atoms with Gasteiger partial charge in [0.1, 0.15) is 18.1 Å². The van der Waals surface area contributed by atoms with Crippen LogP contribution in [-0.4, -0.2) is 42.3 Å². The van der Waals surface area contributed by atoms with Gasteiger partial charge in [-0.15, -0.1) is 0 Å². The number of hydrogen-bond acceptors (Lipinski definition) is 4. The van der Waals surface area contributed by atoms with Gasteiger partial charge in [-0.1, -0.05) is 24.3 Å². The summed E-state index contributed by atoms with van der Waals surface area (Å²) in [6.45, 7) is 5.45. The molecule has 0 bridgehead atoms. The Hall–Kier alpha value is -3.48. The zero-order chi connectivity index (χ0) is 21.0. The van der Waals surface area contributed by atoms with Crippen LogP contribution in [0, 0.1) is 0 Å². The van der Waals surface area contributed by atoms with Gasteiger partial charge < -0.3 is 24.7 Å². The van der Waals surface area contributed by atoms with E-state index in [1.807, 2.05) is 36.8 Å². The highest BCUT2D eigenvalue weighted by Crippen LogP contribution is 2.16. The predicted molar refractivity (Wildman–Crippen MR) is 119 cm³/mol. The van der Waals surface area contributed by atoms with E-state index in [2.05, 4.69) is 51.4 Å². The number of aliphatic imine (C=N–C) groups is 1.